The third-order valence-electron chi connectivity index (χ3n) is 3.45. The van der Waals surface area contributed by atoms with Crippen LogP contribution in [-0.4, -0.2) is 35.5 Å². The fourth-order valence-corrected chi connectivity index (χ4v) is 2.53. The first-order chi connectivity index (χ1) is 9.23. The molecule has 0 radical (unpaired) electrons. The Morgan fingerprint density at radius 3 is 2.50 bits per heavy atom. The van der Waals surface area contributed by atoms with Crippen molar-refractivity contribution in [3.05, 3.63) is 35.4 Å². The van der Waals surface area contributed by atoms with Crippen molar-refractivity contribution in [2.24, 2.45) is 5.92 Å². The van der Waals surface area contributed by atoms with E-state index in [1.54, 1.807) is 0 Å². The number of carboxylic acids is 1. The van der Waals surface area contributed by atoms with Crippen LogP contribution < -0.4 is 0 Å². The molecule has 1 aliphatic rings. The minimum Gasteiger partial charge on any atom is -0.481 e. The second-order valence-electron chi connectivity index (χ2n) is 4.73. The molecule has 4 nitrogen and oxygen atoms in total. The molecule has 0 bridgehead atoms. The molecule has 0 saturated carbocycles. The number of alkyl halides is 3. The normalized spacial score (nSPS) is 23.2. The lowest BCUT2D eigenvalue weighted by molar-refractivity contribution is -0.148. The molecule has 1 aromatic rings. The van der Waals surface area contributed by atoms with Crippen LogP contribution in [0.5, 0.6) is 0 Å². The molecule has 1 fully saturated rings. The first-order valence-electron chi connectivity index (χ1n) is 5.87. The molecule has 1 amide bonds. The number of rotatable bonds is 2. The van der Waals surface area contributed by atoms with Gasteiger partial charge in [-0.15, -0.1) is 0 Å². The number of hydrogen-bond acceptors (Lipinski definition) is 2. The van der Waals surface area contributed by atoms with Crippen LogP contribution in [0.15, 0.2) is 24.3 Å². The lowest BCUT2D eigenvalue weighted by Crippen LogP contribution is -2.28. The van der Waals surface area contributed by atoms with E-state index in [-0.39, 0.29) is 12.1 Å². The molecule has 20 heavy (non-hydrogen) atoms. The third kappa shape index (κ3) is 2.35. The summed E-state index contributed by atoms with van der Waals surface area (Å²) in [4.78, 5) is 24.1. The summed E-state index contributed by atoms with van der Waals surface area (Å²) < 4.78 is 38.9. The van der Waals surface area contributed by atoms with Crippen molar-refractivity contribution in [1.29, 1.82) is 0 Å². The number of nitrogens with zero attached hydrogens (tertiary/aromatic N) is 1. The van der Waals surface area contributed by atoms with Gasteiger partial charge in [0.05, 0.1) is 5.56 Å². The average Bonchev–Trinajstić information content (AvgIpc) is 2.65. The molecule has 1 aliphatic heterocycles. The number of carbonyl (C=O) groups excluding carboxylic acids is 1. The van der Waals surface area contributed by atoms with E-state index in [0.29, 0.717) is 0 Å². The lowest BCUT2D eigenvalue weighted by atomic mass is 9.85. The smallest absolute Gasteiger partial charge is 0.416 e. The molecule has 108 valence electrons. The summed E-state index contributed by atoms with van der Waals surface area (Å²) in [6.45, 7) is -0.0388. The van der Waals surface area contributed by atoms with Crippen molar-refractivity contribution < 1.29 is 27.9 Å². The number of hydrogen-bond donors (Lipinski definition) is 1. The molecule has 1 saturated heterocycles. The van der Waals surface area contributed by atoms with Gasteiger partial charge in [0.25, 0.3) is 0 Å². The topological polar surface area (TPSA) is 57.6 Å². The molecule has 7 heteroatoms. The van der Waals surface area contributed by atoms with Gasteiger partial charge in [0.2, 0.25) is 5.91 Å². The quantitative estimate of drug-likeness (QED) is 0.846. The molecular weight excluding hydrogens is 275 g/mol. The van der Waals surface area contributed by atoms with Crippen LogP contribution in [0.25, 0.3) is 0 Å². The van der Waals surface area contributed by atoms with E-state index in [2.05, 4.69) is 0 Å². The summed E-state index contributed by atoms with van der Waals surface area (Å²) in [5, 5.41) is 9.10. The van der Waals surface area contributed by atoms with Gasteiger partial charge in [-0.3, -0.25) is 9.59 Å². The molecule has 1 N–H and O–H groups in total. The van der Waals surface area contributed by atoms with E-state index < -0.39 is 35.5 Å². The zero-order valence-corrected chi connectivity index (χ0v) is 10.5. The van der Waals surface area contributed by atoms with Crippen molar-refractivity contribution in [3.63, 3.8) is 0 Å². The van der Waals surface area contributed by atoms with Crippen LogP contribution in [-0.2, 0) is 15.8 Å². The van der Waals surface area contributed by atoms with E-state index >= 15 is 0 Å². The van der Waals surface area contributed by atoms with Crippen LogP contribution in [0, 0.1) is 5.92 Å². The van der Waals surface area contributed by atoms with E-state index in [1.807, 2.05) is 0 Å². The molecule has 1 heterocycles. The van der Waals surface area contributed by atoms with Crippen LogP contribution >= 0.6 is 0 Å². The summed E-state index contributed by atoms with van der Waals surface area (Å²) >= 11 is 0. The number of carbonyl (C=O) groups is 2. The fourth-order valence-electron chi connectivity index (χ4n) is 2.53. The zero-order valence-electron chi connectivity index (χ0n) is 10.5. The molecule has 0 spiro atoms. The largest absolute Gasteiger partial charge is 0.481 e. The van der Waals surface area contributed by atoms with Crippen LogP contribution in [0.1, 0.15) is 17.0 Å². The molecule has 1 unspecified atom stereocenters. The monoisotopic (exact) mass is 287 g/mol. The van der Waals surface area contributed by atoms with E-state index in [0.717, 1.165) is 11.0 Å². The molecule has 0 aromatic heterocycles. The zero-order chi connectivity index (χ0) is 15.1. The van der Waals surface area contributed by atoms with Gasteiger partial charge in [0.15, 0.2) is 0 Å². The Morgan fingerprint density at radius 1 is 1.35 bits per heavy atom. The van der Waals surface area contributed by atoms with Crippen molar-refractivity contribution in [2.45, 2.75) is 12.1 Å². The highest BCUT2D eigenvalue weighted by molar-refractivity contribution is 5.99. The predicted octanol–water partition coefficient (Wildman–Crippen LogP) is 1.96. The summed E-state index contributed by atoms with van der Waals surface area (Å²) in [5.41, 5.74) is -1.04. The second kappa shape index (κ2) is 4.81. The van der Waals surface area contributed by atoms with Crippen LogP contribution in [0.4, 0.5) is 13.2 Å². The number of carboxylic acid groups (broad SMARTS) is 1. The van der Waals surface area contributed by atoms with E-state index in [4.69, 9.17) is 5.11 Å². The Bertz CT molecular complexity index is 556. The SMILES string of the molecule is CN1CC(c2ccccc2C(F)(F)F)[C@H](C(=O)O)C1=O. The van der Waals surface area contributed by atoms with E-state index in [1.165, 1.54) is 25.2 Å². The van der Waals surface area contributed by atoms with Crippen LogP contribution in [0.3, 0.4) is 0 Å². The Morgan fingerprint density at radius 2 is 1.95 bits per heavy atom. The molecule has 1 aromatic carbocycles. The maximum Gasteiger partial charge on any atom is 0.416 e. The van der Waals surface area contributed by atoms with Gasteiger partial charge in [-0.1, -0.05) is 18.2 Å². The van der Waals surface area contributed by atoms with Gasteiger partial charge < -0.3 is 10.0 Å². The number of amides is 1. The van der Waals surface area contributed by atoms with Crippen molar-refractivity contribution >= 4 is 11.9 Å². The highest BCUT2D eigenvalue weighted by Gasteiger charge is 2.47. The predicted molar refractivity (Wildman–Crippen MR) is 62.9 cm³/mol. The molecule has 0 aliphatic carbocycles. The Labute approximate surface area is 112 Å². The molecule has 2 rings (SSSR count). The van der Waals surface area contributed by atoms with Crippen molar-refractivity contribution in [2.75, 3.05) is 13.6 Å². The third-order valence-corrected chi connectivity index (χ3v) is 3.45. The number of likely N-dealkylation sites (tertiary alicyclic amines) is 1. The summed E-state index contributed by atoms with van der Waals surface area (Å²) in [6.07, 6.45) is -4.58. The van der Waals surface area contributed by atoms with Crippen molar-refractivity contribution in [1.82, 2.24) is 4.90 Å². The van der Waals surface area contributed by atoms with Gasteiger partial charge in [-0.25, -0.2) is 0 Å². The summed E-state index contributed by atoms with van der Waals surface area (Å²) in [5.74, 6) is -4.54. The van der Waals surface area contributed by atoms with E-state index in [9.17, 15) is 22.8 Å². The summed E-state index contributed by atoms with van der Waals surface area (Å²) in [6, 6.07) is 4.78. The average molecular weight is 287 g/mol. The van der Waals surface area contributed by atoms with Gasteiger partial charge in [0, 0.05) is 19.5 Å². The van der Waals surface area contributed by atoms with Crippen LogP contribution in [0.2, 0.25) is 0 Å². The Kier molecular flexibility index (Phi) is 3.45. The number of likely N-dealkylation sites (N-methyl/N-ethyl adjacent to an activating group) is 1. The number of benzene rings is 1. The first-order valence-corrected chi connectivity index (χ1v) is 5.87. The van der Waals surface area contributed by atoms with Gasteiger partial charge >= 0.3 is 12.1 Å². The Hall–Kier alpha value is -2.05. The number of halogens is 3. The fraction of sp³-hybridized carbons (Fsp3) is 0.385. The van der Waals surface area contributed by atoms with Gasteiger partial charge in [0.1, 0.15) is 5.92 Å². The highest BCUT2D eigenvalue weighted by Crippen LogP contribution is 2.40. The maximum atomic E-state index is 13.0. The first kappa shape index (κ1) is 14.4. The Balaban J connectivity index is 2.51. The van der Waals surface area contributed by atoms with Gasteiger partial charge in [-0.2, -0.15) is 13.2 Å². The number of aliphatic carboxylic acids is 1. The standard InChI is InChI=1S/C13H12F3NO3/c1-17-6-8(10(11(17)18)12(19)20)7-4-2-3-5-9(7)13(14,15)16/h2-5,8,10H,6H2,1H3,(H,19,20)/t8?,10-/m0/s1. The minimum atomic E-state index is -4.58. The van der Waals surface area contributed by atoms with Gasteiger partial charge in [-0.05, 0) is 11.6 Å². The highest BCUT2D eigenvalue weighted by atomic mass is 19.4. The molecular formula is C13H12F3NO3. The minimum absolute atomic E-state index is 0.0388. The lowest BCUT2D eigenvalue weighted by Gasteiger charge is -2.19. The maximum absolute atomic E-state index is 13.0. The summed E-state index contributed by atoms with van der Waals surface area (Å²) in [7, 11) is 1.38. The molecule has 2 atom stereocenters. The van der Waals surface area contributed by atoms with Crippen molar-refractivity contribution in [3.8, 4) is 0 Å². The second-order valence-corrected chi connectivity index (χ2v) is 4.73.